The highest BCUT2D eigenvalue weighted by atomic mass is 16.5. The van der Waals surface area contributed by atoms with Gasteiger partial charge in [0.1, 0.15) is 12.0 Å². The van der Waals surface area contributed by atoms with Gasteiger partial charge in [-0.05, 0) is 17.7 Å². The van der Waals surface area contributed by atoms with Crippen molar-refractivity contribution in [3.63, 3.8) is 0 Å². The molecule has 1 fully saturated rings. The van der Waals surface area contributed by atoms with Gasteiger partial charge in [0, 0.05) is 19.8 Å². The fraction of sp³-hybridized carbons (Fsp3) is 0.417. The maximum absolute atomic E-state index is 10.8. The lowest BCUT2D eigenvalue weighted by Gasteiger charge is -2.18. The summed E-state index contributed by atoms with van der Waals surface area (Å²) in [4.78, 5) is 12.9. The Balaban J connectivity index is 2.00. The van der Waals surface area contributed by atoms with E-state index in [1.54, 1.807) is 7.11 Å². The van der Waals surface area contributed by atoms with Crippen molar-refractivity contribution in [3.05, 3.63) is 29.8 Å². The molecule has 0 aromatic heterocycles. The number of hydrogen-bond acceptors (Lipinski definition) is 4. The van der Waals surface area contributed by atoms with Gasteiger partial charge in [-0.15, -0.1) is 0 Å². The first-order valence-corrected chi connectivity index (χ1v) is 5.36. The van der Waals surface area contributed by atoms with Gasteiger partial charge in [-0.3, -0.25) is 4.90 Å². The first-order chi connectivity index (χ1) is 7.83. The van der Waals surface area contributed by atoms with E-state index in [1.165, 1.54) is 5.56 Å². The molecule has 86 valence electrons. The molecule has 0 radical (unpaired) electrons. The van der Waals surface area contributed by atoms with Crippen LogP contribution in [0, 0.1) is 0 Å². The predicted octanol–water partition coefficient (Wildman–Crippen LogP) is 0.625. The summed E-state index contributed by atoms with van der Waals surface area (Å²) in [6.07, 6.45) is 1.00. The van der Waals surface area contributed by atoms with Crippen LogP contribution in [-0.2, 0) is 11.3 Å². The first kappa shape index (κ1) is 11.1. The standard InChI is InChI=1S/C12H16N2O2/c1-16-12-4-2-10(3-5-12)7-14-9-13-6-11(14)8-15/h2-5,8,11,13H,6-7,9H2,1H3. The number of aldehydes is 1. The lowest BCUT2D eigenvalue weighted by Crippen LogP contribution is -2.31. The summed E-state index contributed by atoms with van der Waals surface area (Å²) < 4.78 is 5.10. The Morgan fingerprint density at radius 1 is 1.50 bits per heavy atom. The van der Waals surface area contributed by atoms with Crippen LogP contribution in [-0.4, -0.2) is 37.6 Å². The Labute approximate surface area is 95.2 Å². The van der Waals surface area contributed by atoms with Gasteiger partial charge in [0.25, 0.3) is 0 Å². The Morgan fingerprint density at radius 3 is 2.88 bits per heavy atom. The zero-order chi connectivity index (χ0) is 11.4. The number of hydrogen-bond donors (Lipinski definition) is 1. The highest BCUT2D eigenvalue weighted by Gasteiger charge is 2.22. The number of ether oxygens (including phenoxy) is 1. The molecular formula is C12H16N2O2. The molecule has 0 amide bonds. The number of nitrogens with zero attached hydrogens (tertiary/aromatic N) is 1. The van der Waals surface area contributed by atoms with E-state index < -0.39 is 0 Å². The number of carbonyl (C=O) groups is 1. The van der Waals surface area contributed by atoms with E-state index in [-0.39, 0.29) is 6.04 Å². The summed E-state index contributed by atoms with van der Waals surface area (Å²) in [5.74, 6) is 0.857. The van der Waals surface area contributed by atoms with Crippen molar-refractivity contribution >= 4 is 6.29 Å². The van der Waals surface area contributed by atoms with Crippen molar-refractivity contribution in [1.82, 2.24) is 10.2 Å². The van der Waals surface area contributed by atoms with E-state index in [4.69, 9.17) is 4.74 Å². The van der Waals surface area contributed by atoms with Crippen LogP contribution in [0.1, 0.15) is 5.56 Å². The van der Waals surface area contributed by atoms with Gasteiger partial charge in [-0.25, -0.2) is 0 Å². The average Bonchev–Trinajstić information content (AvgIpc) is 2.77. The molecule has 1 saturated heterocycles. The third kappa shape index (κ3) is 2.40. The molecule has 1 atom stereocenters. The fourth-order valence-corrected chi connectivity index (χ4v) is 1.88. The Hall–Kier alpha value is -1.39. The van der Waals surface area contributed by atoms with Crippen LogP contribution in [0.15, 0.2) is 24.3 Å². The van der Waals surface area contributed by atoms with Crippen molar-refractivity contribution in [1.29, 1.82) is 0 Å². The van der Waals surface area contributed by atoms with Gasteiger partial charge in [0.15, 0.2) is 0 Å². The van der Waals surface area contributed by atoms with Crippen LogP contribution < -0.4 is 10.1 Å². The zero-order valence-electron chi connectivity index (χ0n) is 9.35. The maximum Gasteiger partial charge on any atom is 0.138 e. The van der Waals surface area contributed by atoms with Crippen molar-refractivity contribution in [2.24, 2.45) is 0 Å². The monoisotopic (exact) mass is 220 g/mol. The Morgan fingerprint density at radius 2 is 2.25 bits per heavy atom. The Bertz CT molecular complexity index is 351. The van der Waals surface area contributed by atoms with E-state index in [1.807, 2.05) is 24.3 Å². The minimum atomic E-state index is 0.00195. The van der Waals surface area contributed by atoms with E-state index in [9.17, 15) is 4.79 Å². The molecule has 1 heterocycles. The quantitative estimate of drug-likeness (QED) is 0.755. The SMILES string of the molecule is COc1ccc(CN2CNCC2C=O)cc1. The molecule has 0 bridgehead atoms. The third-order valence-corrected chi connectivity index (χ3v) is 2.84. The van der Waals surface area contributed by atoms with Gasteiger partial charge in [-0.1, -0.05) is 12.1 Å². The number of nitrogens with one attached hydrogen (secondary N) is 1. The fourth-order valence-electron chi connectivity index (χ4n) is 1.88. The second kappa shape index (κ2) is 5.09. The van der Waals surface area contributed by atoms with E-state index in [2.05, 4.69) is 10.2 Å². The van der Waals surface area contributed by atoms with Crippen molar-refractivity contribution < 1.29 is 9.53 Å². The van der Waals surface area contributed by atoms with Gasteiger partial charge >= 0.3 is 0 Å². The summed E-state index contributed by atoms with van der Waals surface area (Å²) >= 11 is 0. The molecule has 0 saturated carbocycles. The zero-order valence-corrected chi connectivity index (χ0v) is 9.35. The summed E-state index contributed by atoms with van der Waals surface area (Å²) in [7, 11) is 1.65. The molecule has 1 aliphatic heterocycles. The average molecular weight is 220 g/mol. The third-order valence-electron chi connectivity index (χ3n) is 2.84. The van der Waals surface area contributed by atoms with Crippen LogP contribution in [0.25, 0.3) is 0 Å². The van der Waals surface area contributed by atoms with Crippen LogP contribution in [0.5, 0.6) is 5.75 Å². The second-order valence-corrected chi connectivity index (χ2v) is 3.91. The number of benzene rings is 1. The maximum atomic E-state index is 10.8. The minimum absolute atomic E-state index is 0.00195. The molecule has 0 spiro atoms. The molecule has 4 heteroatoms. The highest BCUT2D eigenvalue weighted by Crippen LogP contribution is 2.14. The van der Waals surface area contributed by atoms with Crippen LogP contribution >= 0.6 is 0 Å². The highest BCUT2D eigenvalue weighted by molar-refractivity contribution is 5.58. The summed E-state index contributed by atoms with van der Waals surface area (Å²) in [6, 6.07) is 7.93. The topological polar surface area (TPSA) is 41.6 Å². The lowest BCUT2D eigenvalue weighted by molar-refractivity contribution is -0.111. The molecule has 0 aliphatic carbocycles. The smallest absolute Gasteiger partial charge is 0.138 e. The number of methoxy groups -OCH3 is 1. The van der Waals surface area contributed by atoms with Crippen molar-refractivity contribution in [3.8, 4) is 5.75 Å². The normalized spacial score (nSPS) is 20.9. The molecule has 1 aliphatic rings. The molecule has 1 aromatic carbocycles. The molecular weight excluding hydrogens is 204 g/mol. The molecule has 1 unspecified atom stereocenters. The second-order valence-electron chi connectivity index (χ2n) is 3.91. The summed E-state index contributed by atoms with van der Waals surface area (Å²) in [5.41, 5.74) is 1.19. The number of rotatable bonds is 4. The van der Waals surface area contributed by atoms with Gasteiger partial charge in [0.05, 0.1) is 13.2 Å². The predicted molar refractivity (Wildman–Crippen MR) is 61.3 cm³/mol. The minimum Gasteiger partial charge on any atom is -0.497 e. The number of carbonyl (C=O) groups excluding carboxylic acids is 1. The molecule has 1 N–H and O–H groups in total. The van der Waals surface area contributed by atoms with Crippen molar-refractivity contribution in [2.75, 3.05) is 20.3 Å². The van der Waals surface area contributed by atoms with E-state index >= 15 is 0 Å². The largest absolute Gasteiger partial charge is 0.497 e. The molecule has 16 heavy (non-hydrogen) atoms. The van der Waals surface area contributed by atoms with Crippen molar-refractivity contribution in [2.45, 2.75) is 12.6 Å². The van der Waals surface area contributed by atoms with Gasteiger partial charge in [-0.2, -0.15) is 0 Å². The summed E-state index contributed by atoms with van der Waals surface area (Å²) in [6.45, 7) is 2.31. The van der Waals surface area contributed by atoms with Crippen LogP contribution in [0.2, 0.25) is 0 Å². The molecule has 2 rings (SSSR count). The lowest BCUT2D eigenvalue weighted by atomic mass is 10.2. The van der Waals surface area contributed by atoms with Gasteiger partial charge < -0.3 is 14.8 Å². The molecule has 4 nitrogen and oxygen atoms in total. The van der Waals surface area contributed by atoms with E-state index in [0.717, 1.165) is 31.8 Å². The summed E-state index contributed by atoms with van der Waals surface area (Å²) in [5, 5.41) is 3.19. The van der Waals surface area contributed by atoms with E-state index in [0.29, 0.717) is 0 Å². The van der Waals surface area contributed by atoms with Gasteiger partial charge in [0.2, 0.25) is 0 Å². The first-order valence-electron chi connectivity index (χ1n) is 5.36. The van der Waals surface area contributed by atoms with Crippen LogP contribution in [0.4, 0.5) is 0 Å². The Kier molecular flexibility index (Phi) is 3.54. The van der Waals surface area contributed by atoms with Crippen LogP contribution in [0.3, 0.4) is 0 Å². The molecule has 1 aromatic rings.